The molecule has 1 aromatic carbocycles. The molecule has 0 saturated carbocycles. The van der Waals surface area contributed by atoms with Gasteiger partial charge in [0.05, 0.1) is 19.1 Å². The average molecular weight is 358 g/mol. The van der Waals surface area contributed by atoms with Crippen LogP contribution in [0.4, 0.5) is 0 Å². The Labute approximate surface area is 144 Å². The number of carbonyl (C=O) groups excluding carboxylic acids is 1. The SMILES string of the molecule is O=C(O)CC1CN(C(=O)CCCSc2ccc(Cl)cc2)CCO1. The van der Waals surface area contributed by atoms with Crippen LogP contribution in [-0.4, -0.2) is 53.4 Å². The summed E-state index contributed by atoms with van der Waals surface area (Å²) in [6.07, 6.45) is 0.803. The lowest BCUT2D eigenvalue weighted by molar-refractivity contribution is -0.147. The molecule has 1 unspecified atom stereocenters. The molecule has 0 aliphatic carbocycles. The van der Waals surface area contributed by atoms with E-state index in [0.717, 1.165) is 17.1 Å². The van der Waals surface area contributed by atoms with Crippen molar-refractivity contribution in [2.75, 3.05) is 25.4 Å². The van der Waals surface area contributed by atoms with Crippen LogP contribution >= 0.6 is 23.4 Å². The van der Waals surface area contributed by atoms with Gasteiger partial charge in [-0.1, -0.05) is 11.6 Å². The van der Waals surface area contributed by atoms with Crippen molar-refractivity contribution in [3.63, 3.8) is 0 Å². The lowest BCUT2D eigenvalue weighted by Gasteiger charge is -2.32. The van der Waals surface area contributed by atoms with Gasteiger partial charge in [0.2, 0.25) is 5.91 Å². The number of carboxylic acid groups (broad SMARTS) is 1. The van der Waals surface area contributed by atoms with E-state index in [0.29, 0.717) is 31.1 Å². The Balaban J connectivity index is 1.67. The number of rotatable bonds is 7. The minimum Gasteiger partial charge on any atom is -0.481 e. The molecular weight excluding hydrogens is 338 g/mol. The quantitative estimate of drug-likeness (QED) is 0.600. The van der Waals surface area contributed by atoms with Crippen molar-refractivity contribution in [3.05, 3.63) is 29.3 Å². The summed E-state index contributed by atoms with van der Waals surface area (Å²) in [6, 6.07) is 7.64. The largest absolute Gasteiger partial charge is 0.481 e. The van der Waals surface area contributed by atoms with Crippen LogP contribution < -0.4 is 0 Å². The van der Waals surface area contributed by atoms with E-state index in [1.54, 1.807) is 16.7 Å². The lowest BCUT2D eigenvalue weighted by Crippen LogP contribution is -2.46. The van der Waals surface area contributed by atoms with Crippen molar-refractivity contribution in [2.24, 2.45) is 0 Å². The van der Waals surface area contributed by atoms with E-state index in [-0.39, 0.29) is 12.3 Å². The standard InChI is InChI=1S/C16H20ClNO4S/c17-12-3-5-14(6-4-12)23-9-1-2-15(19)18-7-8-22-13(11-18)10-16(20)21/h3-6,13H,1-2,7-11H2,(H,20,21). The summed E-state index contributed by atoms with van der Waals surface area (Å²) in [5.74, 6) is 0.0278. The second-order valence-corrected chi connectivity index (χ2v) is 6.94. The maximum Gasteiger partial charge on any atom is 0.306 e. The Morgan fingerprint density at radius 2 is 2.09 bits per heavy atom. The van der Waals surface area contributed by atoms with Gasteiger partial charge in [-0.15, -0.1) is 11.8 Å². The van der Waals surface area contributed by atoms with Gasteiger partial charge in [-0.3, -0.25) is 9.59 Å². The molecule has 1 amide bonds. The Hall–Kier alpha value is -1.24. The first-order valence-corrected chi connectivity index (χ1v) is 8.90. The van der Waals surface area contributed by atoms with Crippen LogP contribution in [0.1, 0.15) is 19.3 Å². The first kappa shape index (κ1) is 18.1. The van der Waals surface area contributed by atoms with Crippen LogP contribution in [0.3, 0.4) is 0 Å². The summed E-state index contributed by atoms with van der Waals surface area (Å²) < 4.78 is 5.37. The van der Waals surface area contributed by atoms with E-state index >= 15 is 0 Å². The molecule has 1 aromatic rings. The third-order valence-electron chi connectivity index (χ3n) is 3.51. The molecule has 5 nitrogen and oxygen atoms in total. The minimum absolute atomic E-state index is 0.0593. The molecule has 0 spiro atoms. The van der Waals surface area contributed by atoms with Gasteiger partial charge in [0.15, 0.2) is 0 Å². The second-order valence-electron chi connectivity index (χ2n) is 5.34. The van der Waals surface area contributed by atoms with Crippen molar-refractivity contribution >= 4 is 35.2 Å². The topological polar surface area (TPSA) is 66.8 Å². The zero-order valence-corrected chi connectivity index (χ0v) is 14.3. The van der Waals surface area contributed by atoms with Crippen LogP contribution in [0, 0.1) is 0 Å². The molecule has 7 heteroatoms. The number of ether oxygens (including phenoxy) is 1. The zero-order chi connectivity index (χ0) is 16.7. The number of halogens is 1. The smallest absolute Gasteiger partial charge is 0.306 e. The predicted molar refractivity (Wildman–Crippen MR) is 90.0 cm³/mol. The highest BCUT2D eigenvalue weighted by molar-refractivity contribution is 7.99. The first-order chi connectivity index (χ1) is 11.0. The van der Waals surface area contributed by atoms with Gasteiger partial charge >= 0.3 is 5.97 Å². The number of aliphatic carboxylic acids is 1. The van der Waals surface area contributed by atoms with E-state index in [9.17, 15) is 9.59 Å². The fraction of sp³-hybridized carbons (Fsp3) is 0.500. The molecule has 1 aliphatic rings. The molecular formula is C16H20ClNO4S. The van der Waals surface area contributed by atoms with E-state index in [4.69, 9.17) is 21.4 Å². The number of nitrogens with zero attached hydrogens (tertiary/aromatic N) is 1. The van der Waals surface area contributed by atoms with Crippen molar-refractivity contribution in [1.82, 2.24) is 4.90 Å². The van der Waals surface area contributed by atoms with Gasteiger partial charge in [-0.25, -0.2) is 0 Å². The maximum absolute atomic E-state index is 12.2. The highest BCUT2D eigenvalue weighted by Crippen LogP contribution is 2.21. The summed E-state index contributed by atoms with van der Waals surface area (Å²) >= 11 is 7.53. The summed E-state index contributed by atoms with van der Waals surface area (Å²) in [7, 11) is 0. The number of carbonyl (C=O) groups is 2. The van der Waals surface area contributed by atoms with Gasteiger partial charge in [0.1, 0.15) is 0 Å². The van der Waals surface area contributed by atoms with E-state index in [2.05, 4.69) is 0 Å². The molecule has 1 atom stereocenters. The molecule has 1 heterocycles. The maximum atomic E-state index is 12.2. The molecule has 1 fully saturated rings. The summed E-state index contributed by atoms with van der Waals surface area (Å²) in [5.41, 5.74) is 0. The molecule has 2 rings (SSSR count). The number of thioether (sulfide) groups is 1. The van der Waals surface area contributed by atoms with E-state index in [1.165, 1.54) is 0 Å². The van der Waals surface area contributed by atoms with Gasteiger partial charge < -0.3 is 14.7 Å². The van der Waals surface area contributed by atoms with Crippen molar-refractivity contribution in [2.45, 2.75) is 30.3 Å². The zero-order valence-electron chi connectivity index (χ0n) is 12.7. The normalized spacial score (nSPS) is 18.0. The monoisotopic (exact) mass is 357 g/mol. The fourth-order valence-corrected chi connectivity index (χ4v) is 3.35. The predicted octanol–water partition coefficient (Wildman–Crippen LogP) is 2.91. The van der Waals surface area contributed by atoms with Crippen molar-refractivity contribution in [1.29, 1.82) is 0 Å². The fourth-order valence-electron chi connectivity index (χ4n) is 2.37. The molecule has 1 aliphatic heterocycles. The van der Waals surface area contributed by atoms with Crippen LogP contribution in [0.15, 0.2) is 29.2 Å². The molecule has 126 valence electrons. The molecule has 0 aromatic heterocycles. The summed E-state index contributed by atoms with van der Waals surface area (Å²) in [5, 5.41) is 9.51. The van der Waals surface area contributed by atoms with Crippen LogP contribution in [0.2, 0.25) is 5.02 Å². The van der Waals surface area contributed by atoms with Crippen LogP contribution in [0.25, 0.3) is 0 Å². The third kappa shape index (κ3) is 6.41. The number of hydrogen-bond acceptors (Lipinski definition) is 4. The number of amides is 1. The molecule has 0 bridgehead atoms. The first-order valence-electron chi connectivity index (χ1n) is 7.54. The Morgan fingerprint density at radius 1 is 1.35 bits per heavy atom. The molecule has 0 radical (unpaired) electrons. The van der Waals surface area contributed by atoms with Crippen molar-refractivity contribution in [3.8, 4) is 0 Å². The van der Waals surface area contributed by atoms with Crippen LogP contribution in [-0.2, 0) is 14.3 Å². The number of morpholine rings is 1. The molecule has 23 heavy (non-hydrogen) atoms. The highest BCUT2D eigenvalue weighted by Gasteiger charge is 2.25. The van der Waals surface area contributed by atoms with Gasteiger partial charge in [-0.2, -0.15) is 0 Å². The van der Waals surface area contributed by atoms with Crippen LogP contribution in [0.5, 0.6) is 0 Å². The van der Waals surface area contributed by atoms with Gasteiger partial charge in [0, 0.05) is 29.4 Å². The van der Waals surface area contributed by atoms with E-state index in [1.807, 2.05) is 24.3 Å². The Morgan fingerprint density at radius 3 is 2.78 bits per heavy atom. The lowest BCUT2D eigenvalue weighted by atomic mass is 10.2. The summed E-state index contributed by atoms with van der Waals surface area (Å²) in [4.78, 5) is 25.7. The highest BCUT2D eigenvalue weighted by atomic mass is 35.5. The number of hydrogen-bond donors (Lipinski definition) is 1. The van der Waals surface area contributed by atoms with Crippen molar-refractivity contribution < 1.29 is 19.4 Å². The third-order valence-corrected chi connectivity index (χ3v) is 4.86. The average Bonchev–Trinajstić information content (AvgIpc) is 2.52. The molecule has 1 saturated heterocycles. The summed E-state index contributed by atoms with van der Waals surface area (Å²) in [6.45, 7) is 1.32. The van der Waals surface area contributed by atoms with Gasteiger partial charge in [0.25, 0.3) is 0 Å². The number of carboxylic acids is 1. The Kier molecular flexibility index (Phi) is 7.20. The van der Waals surface area contributed by atoms with Gasteiger partial charge in [-0.05, 0) is 36.4 Å². The Bertz CT molecular complexity index is 537. The minimum atomic E-state index is -0.899. The number of benzene rings is 1. The van der Waals surface area contributed by atoms with E-state index < -0.39 is 12.1 Å². The second kappa shape index (κ2) is 9.15. The molecule has 1 N–H and O–H groups in total.